The van der Waals surface area contributed by atoms with E-state index in [4.69, 9.17) is 0 Å². The zero-order valence-corrected chi connectivity index (χ0v) is 11.4. The number of nitrogens with zero attached hydrogens (tertiary/aromatic N) is 3. The van der Waals surface area contributed by atoms with Gasteiger partial charge in [-0.1, -0.05) is 46.3 Å². The average molecular weight is 310 g/mol. The second-order valence-electron chi connectivity index (χ2n) is 4.06. The van der Waals surface area contributed by atoms with Crippen molar-refractivity contribution in [2.75, 3.05) is 0 Å². The first-order chi connectivity index (χ1) is 9.29. The van der Waals surface area contributed by atoms with E-state index in [-0.39, 0.29) is 0 Å². The van der Waals surface area contributed by atoms with Crippen LogP contribution < -0.4 is 0 Å². The highest BCUT2D eigenvalue weighted by atomic mass is 79.9. The normalized spacial score (nSPS) is 10.3. The van der Waals surface area contributed by atoms with Gasteiger partial charge in [-0.2, -0.15) is 5.26 Å². The fourth-order valence-corrected chi connectivity index (χ4v) is 2.35. The number of nitriles is 1. The molecule has 0 fully saturated rings. The van der Waals surface area contributed by atoms with E-state index in [9.17, 15) is 5.26 Å². The lowest BCUT2D eigenvalue weighted by atomic mass is 10.0. The Kier molecular flexibility index (Phi) is 2.98. The molecule has 0 atom stereocenters. The largest absolute Gasteiger partial charge is 0.192 e. The van der Waals surface area contributed by atoms with Gasteiger partial charge < -0.3 is 0 Å². The molecule has 0 radical (unpaired) electrons. The predicted octanol–water partition coefficient (Wildman–Crippen LogP) is 3.93. The predicted molar refractivity (Wildman–Crippen MR) is 77.4 cm³/mol. The molecule has 4 heteroatoms. The van der Waals surface area contributed by atoms with Gasteiger partial charge in [0.2, 0.25) is 0 Å². The van der Waals surface area contributed by atoms with Crippen LogP contribution in [0.5, 0.6) is 0 Å². The van der Waals surface area contributed by atoms with E-state index in [1.807, 2.05) is 48.5 Å². The van der Waals surface area contributed by atoms with E-state index in [1.165, 1.54) is 0 Å². The number of fused-ring (bicyclic) bond motifs is 1. The Balaban J connectivity index is 2.36. The van der Waals surface area contributed by atoms with Crippen LogP contribution in [0.3, 0.4) is 0 Å². The Morgan fingerprint density at radius 3 is 2.53 bits per heavy atom. The average Bonchev–Trinajstić information content (AvgIpc) is 2.46. The van der Waals surface area contributed by atoms with Crippen LogP contribution in [0.15, 0.2) is 53.0 Å². The summed E-state index contributed by atoms with van der Waals surface area (Å²) in [6.45, 7) is 0. The van der Waals surface area contributed by atoms with Crippen molar-refractivity contribution in [2.45, 2.75) is 0 Å². The van der Waals surface area contributed by atoms with E-state index in [2.05, 4.69) is 32.2 Å². The second kappa shape index (κ2) is 4.79. The summed E-state index contributed by atoms with van der Waals surface area (Å²) in [5.74, 6) is 0. The van der Waals surface area contributed by atoms with Crippen LogP contribution in [0, 0.1) is 11.3 Å². The first kappa shape index (κ1) is 11.8. The summed E-state index contributed by atoms with van der Waals surface area (Å²) in [4.78, 5) is 0. The van der Waals surface area contributed by atoms with Crippen LogP contribution in [-0.2, 0) is 0 Å². The molecule has 0 aliphatic heterocycles. The molecule has 19 heavy (non-hydrogen) atoms. The van der Waals surface area contributed by atoms with Gasteiger partial charge in [-0.3, -0.25) is 0 Å². The van der Waals surface area contributed by atoms with Crippen LogP contribution in [-0.4, -0.2) is 10.2 Å². The maximum absolute atomic E-state index is 9.44. The highest BCUT2D eigenvalue weighted by Gasteiger charge is 2.12. The van der Waals surface area contributed by atoms with Gasteiger partial charge in [-0.15, -0.1) is 10.2 Å². The lowest BCUT2D eigenvalue weighted by molar-refractivity contribution is 1.08. The number of halogens is 1. The van der Waals surface area contributed by atoms with Crippen LogP contribution in [0.25, 0.3) is 22.2 Å². The maximum Gasteiger partial charge on any atom is 0.111 e. The number of hydrogen-bond acceptors (Lipinski definition) is 3. The third-order valence-corrected chi connectivity index (χ3v) is 3.37. The lowest BCUT2D eigenvalue weighted by Gasteiger charge is -2.05. The van der Waals surface area contributed by atoms with E-state index in [0.717, 1.165) is 20.9 Å². The standard InChI is InChI=1S/C15H8BrN3/c16-11-6-7-14-12(8-11)13(9-17)15(19-18-14)10-4-2-1-3-5-10/h1-8H. The van der Waals surface area contributed by atoms with Gasteiger partial charge in [0.05, 0.1) is 11.1 Å². The van der Waals surface area contributed by atoms with E-state index in [1.54, 1.807) is 0 Å². The molecule has 90 valence electrons. The third kappa shape index (κ3) is 2.09. The van der Waals surface area contributed by atoms with Gasteiger partial charge in [0, 0.05) is 15.4 Å². The molecule has 0 bridgehead atoms. The van der Waals surface area contributed by atoms with Crippen LogP contribution in [0.1, 0.15) is 5.56 Å². The molecule has 0 aliphatic carbocycles. The molecule has 3 nitrogen and oxygen atoms in total. The van der Waals surface area contributed by atoms with E-state index >= 15 is 0 Å². The smallest absolute Gasteiger partial charge is 0.111 e. The fourth-order valence-electron chi connectivity index (χ4n) is 1.99. The Bertz CT molecular complexity index is 792. The molecule has 2 aromatic carbocycles. The SMILES string of the molecule is N#Cc1c(-c2ccccc2)nnc2ccc(Br)cc12. The minimum absolute atomic E-state index is 0.553. The minimum Gasteiger partial charge on any atom is -0.192 e. The van der Waals surface area contributed by atoms with Crippen LogP contribution in [0.2, 0.25) is 0 Å². The minimum atomic E-state index is 0.553. The molecule has 0 unspecified atom stereocenters. The quantitative estimate of drug-likeness (QED) is 0.684. The Labute approximate surface area is 118 Å². The van der Waals surface area contributed by atoms with Gasteiger partial charge in [0.25, 0.3) is 0 Å². The Morgan fingerprint density at radius 2 is 1.79 bits per heavy atom. The molecule has 0 saturated carbocycles. The molecule has 3 aromatic rings. The molecule has 3 rings (SSSR count). The number of benzene rings is 2. The highest BCUT2D eigenvalue weighted by molar-refractivity contribution is 9.10. The van der Waals surface area contributed by atoms with Crippen molar-refractivity contribution < 1.29 is 0 Å². The molecule has 0 N–H and O–H groups in total. The Morgan fingerprint density at radius 1 is 1.00 bits per heavy atom. The molecular weight excluding hydrogens is 302 g/mol. The summed E-state index contributed by atoms with van der Waals surface area (Å²) >= 11 is 3.42. The summed E-state index contributed by atoms with van der Waals surface area (Å²) in [6.07, 6.45) is 0. The maximum atomic E-state index is 9.44. The molecule has 0 amide bonds. The molecule has 1 heterocycles. The van der Waals surface area contributed by atoms with Crippen molar-refractivity contribution in [1.29, 1.82) is 5.26 Å². The molecular formula is C15H8BrN3. The number of hydrogen-bond donors (Lipinski definition) is 0. The molecule has 0 spiro atoms. The van der Waals surface area contributed by atoms with Gasteiger partial charge >= 0.3 is 0 Å². The molecule has 1 aromatic heterocycles. The zero-order valence-electron chi connectivity index (χ0n) is 9.84. The Hall–Kier alpha value is -2.25. The highest BCUT2D eigenvalue weighted by Crippen LogP contribution is 2.27. The van der Waals surface area contributed by atoms with Gasteiger partial charge in [0.1, 0.15) is 11.8 Å². The summed E-state index contributed by atoms with van der Waals surface area (Å²) in [5.41, 5.74) is 2.79. The summed E-state index contributed by atoms with van der Waals surface area (Å²) in [6, 6.07) is 17.5. The topological polar surface area (TPSA) is 49.6 Å². The van der Waals surface area contributed by atoms with E-state index < -0.39 is 0 Å². The van der Waals surface area contributed by atoms with Crippen molar-refractivity contribution >= 4 is 26.8 Å². The fraction of sp³-hybridized carbons (Fsp3) is 0. The first-order valence-electron chi connectivity index (χ1n) is 5.71. The van der Waals surface area contributed by atoms with Crippen molar-refractivity contribution in [3.05, 3.63) is 58.6 Å². The molecule has 0 saturated heterocycles. The summed E-state index contributed by atoms with van der Waals surface area (Å²) < 4.78 is 0.920. The van der Waals surface area contributed by atoms with Gasteiger partial charge in [-0.05, 0) is 18.2 Å². The number of rotatable bonds is 1. The van der Waals surface area contributed by atoms with Crippen molar-refractivity contribution in [1.82, 2.24) is 10.2 Å². The van der Waals surface area contributed by atoms with Crippen LogP contribution >= 0.6 is 15.9 Å². The lowest BCUT2D eigenvalue weighted by Crippen LogP contribution is -1.95. The number of aromatic nitrogens is 2. The zero-order chi connectivity index (χ0) is 13.2. The van der Waals surface area contributed by atoms with Crippen LogP contribution in [0.4, 0.5) is 0 Å². The molecule has 0 aliphatic rings. The van der Waals surface area contributed by atoms with Crippen molar-refractivity contribution in [3.8, 4) is 17.3 Å². The third-order valence-electron chi connectivity index (χ3n) is 2.88. The van der Waals surface area contributed by atoms with Crippen molar-refractivity contribution in [2.24, 2.45) is 0 Å². The van der Waals surface area contributed by atoms with Gasteiger partial charge in [-0.25, -0.2) is 0 Å². The summed E-state index contributed by atoms with van der Waals surface area (Å²) in [5, 5.41) is 18.6. The van der Waals surface area contributed by atoms with E-state index in [0.29, 0.717) is 11.3 Å². The second-order valence-corrected chi connectivity index (χ2v) is 4.98. The summed E-state index contributed by atoms with van der Waals surface area (Å²) in [7, 11) is 0. The van der Waals surface area contributed by atoms with Gasteiger partial charge in [0.15, 0.2) is 0 Å². The van der Waals surface area contributed by atoms with Crippen molar-refractivity contribution in [3.63, 3.8) is 0 Å². The first-order valence-corrected chi connectivity index (χ1v) is 6.50. The monoisotopic (exact) mass is 309 g/mol.